The maximum Gasteiger partial charge on any atom is 0.323 e. The molecular formula is C19H22N2O2. The molecular weight excluding hydrogens is 288 g/mol. The molecule has 2 aromatic carbocycles. The van der Waals surface area contributed by atoms with Crippen LogP contribution in [0.1, 0.15) is 19.4 Å². The summed E-state index contributed by atoms with van der Waals surface area (Å²) >= 11 is 0. The Morgan fingerprint density at radius 3 is 2.35 bits per heavy atom. The van der Waals surface area contributed by atoms with Gasteiger partial charge in [0.2, 0.25) is 0 Å². The molecule has 0 fully saturated rings. The first-order chi connectivity index (χ1) is 11.0. The van der Waals surface area contributed by atoms with Crippen LogP contribution in [0.3, 0.4) is 0 Å². The molecule has 0 bridgehead atoms. The third-order valence-electron chi connectivity index (χ3n) is 3.11. The van der Waals surface area contributed by atoms with E-state index in [1.165, 1.54) is 5.57 Å². The van der Waals surface area contributed by atoms with Gasteiger partial charge in [0.25, 0.3) is 0 Å². The molecule has 0 atom stereocenters. The average Bonchev–Trinajstić information content (AvgIpc) is 2.47. The highest BCUT2D eigenvalue weighted by atomic mass is 16.5. The van der Waals surface area contributed by atoms with E-state index in [2.05, 4.69) is 10.6 Å². The number of hydrogen-bond donors (Lipinski definition) is 2. The van der Waals surface area contributed by atoms with E-state index in [1.54, 1.807) is 6.07 Å². The number of benzene rings is 2. The minimum atomic E-state index is -0.281. The normalized spacial score (nSPS) is 9.87. The molecule has 0 saturated carbocycles. The van der Waals surface area contributed by atoms with Crippen molar-refractivity contribution in [2.75, 3.05) is 17.2 Å². The van der Waals surface area contributed by atoms with Crippen LogP contribution in [0.15, 0.2) is 60.2 Å². The molecule has 4 heteroatoms. The van der Waals surface area contributed by atoms with Crippen molar-refractivity contribution < 1.29 is 9.53 Å². The van der Waals surface area contributed by atoms with Crippen LogP contribution in [-0.4, -0.2) is 12.6 Å². The van der Waals surface area contributed by atoms with E-state index >= 15 is 0 Å². The quantitative estimate of drug-likeness (QED) is 0.765. The van der Waals surface area contributed by atoms with E-state index in [-0.39, 0.29) is 6.03 Å². The van der Waals surface area contributed by atoms with E-state index in [0.717, 1.165) is 17.0 Å². The Bertz CT molecular complexity index is 704. The zero-order valence-electron chi connectivity index (χ0n) is 13.7. The number of urea groups is 1. The molecule has 0 heterocycles. The largest absolute Gasteiger partial charge is 0.489 e. The first kappa shape index (κ1) is 16.6. The summed E-state index contributed by atoms with van der Waals surface area (Å²) in [5.74, 6) is 0.718. The Kier molecular flexibility index (Phi) is 5.80. The second-order valence-corrected chi connectivity index (χ2v) is 5.57. The van der Waals surface area contributed by atoms with Gasteiger partial charge >= 0.3 is 6.03 Å². The van der Waals surface area contributed by atoms with Gasteiger partial charge in [0, 0.05) is 17.4 Å². The van der Waals surface area contributed by atoms with Gasteiger partial charge < -0.3 is 15.4 Å². The lowest BCUT2D eigenvalue weighted by Crippen LogP contribution is -2.19. The molecule has 0 aromatic heterocycles. The highest BCUT2D eigenvalue weighted by Gasteiger charge is 2.04. The lowest BCUT2D eigenvalue weighted by Gasteiger charge is -2.10. The number of anilines is 2. The summed E-state index contributed by atoms with van der Waals surface area (Å²) in [6, 6.07) is 14.7. The number of hydrogen-bond acceptors (Lipinski definition) is 2. The van der Waals surface area contributed by atoms with Gasteiger partial charge in [-0.1, -0.05) is 23.8 Å². The summed E-state index contributed by atoms with van der Waals surface area (Å²) in [7, 11) is 0. The highest BCUT2D eigenvalue weighted by molar-refractivity contribution is 5.99. The second kappa shape index (κ2) is 8.03. The third kappa shape index (κ3) is 5.87. The van der Waals surface area contributed by atoms with Crippen LogP contribution < -0.4 is 15.4 Å². The van der Waals surface area contributed by atoms with Gasteiger partial charge in [-0.2, -0.15) is 0 Å². The van der Waals surface area contributed by atoms with Crippen molar-refractivity contribution in [1.29, 1.82) is 0 Å². The maximum absolute atomic E-state index is 12.0. The Hall–Kier alpha value is -2.75. The SMILES string of the molecule is CC(C)=CCOc1cccc(NC(=O)Nc2cccc(C)c2)c1. The van der Waals surface area contributed by atoms with Gasteiger partial charge in [0.1, 0.15) is 12.4 Å². The summed E-state index contributed by atoms with van der Waals surface area (Å²) in [4.78, 5) is 12.0. The maximum atomic E-state index is 12.0. The number of amides is 2. The molecule has 0 radical (unpaired) electrons. The molecule has 2 N–H and O–H groups in total. The van der Waals surface area contributed by atoms with Gasteiger partial charge in [-0.3, -0.25) is 0 Å². The van der Waals surface area contributed by atoms with Crippen LogP contribution in [0, 0.1) is 6.92 Å². The number of allylic oxidation sites excluding steroid dienone is 1. The van der Waals surface area contributed by atoms with E-state index < -0.39 is 0 Å². The van der Waals surface area contributed by atoms with Crippen LogP contribution in [0.4, 0.5) is 16.2 Å². The van der Waals surface area contributed by atoms with Gasteiger partial charge in [0.05, 0.1) is 0 Å². The van der Waals surface area contributed by atoms with E-state index in [9.17, 15) is 4.79 Å². The van der Waals surface area contributed by atoms with E-state index in [0.29, 0.717) is 12.3 Å². The third-order valence-corrected chi connectivity index (χ3v) is 3.11. The lowest BCUT2D eigenvalue weighted by molar-refractivity contribution is 0.262. The molecule has 2 amide bonds. The zero-order chi connectivity index (χ0) is 16.7. The molecule has 0 saturated heterocycles. The first-order valence-corrected chi connectivity index (χ1v) is 7.54. The predicted octanol–water partition coefficient (Wildman–Crippen LogP) is 4.98. The molecule has 2 aromatic rings. The van der Waals surface area contributed by atoms with Gasteiger partial charge in [-0.15, -0.1) is 0 Å². The fourth-order valence-corrected chi connectivity index (χ4v) is 1.98. The van der Waals surface area contributed by atoms with E-state index in [1.807, 2.05) is 69.3 Å². The average molecular weight is 310 g/mol. The van der Waals surface area contributed by atoms with Crippen molar-refractivity contribution in [2.45, 2.75) is 20.8 Å². The molecule has 0 unspecified atom stereocenters. The van der Waals surface area contributed by atoms with Gasteiger partial charge in [0.15, 0.2) is 0 Å². The molecule has 23 heavy (non-hydrogen) atoms. The monoisotopic (exact) mass is 310 g/mol. The topological polar surface area (TPSA) is 50.4 Å². The number of aryl methyl sites for hydroxylation is 1. The number of carbonyl (C=O) groups excluding carboxylic acids is 1. The fraction of sp³-hybridized carbons (Fsp3) is 0.211. The first-order valence-electron chi connectivity index (χ1n) is 7.54. The van der Waals surface area contributed by atoms with Crippen molar-refractivity contribution in [2.24, 2.45) is 0 Å². The summed E-state index contributed by atoms with van der Waals surface area (Å²) in [6.07, 6.45) is 2.00. The van der Waals surface area contributed by atoms with Crippen molar-refractivity contribution >= 4 is 17.4 Å². The van der Waals surface area contributed by atoms with Gasteiger partial charge in [-0.25, -0.2) is 4.79 Å². The van der Waals surface area contributed by atoms with Crippen LogP contribution in [0.25, 0.3) is 0 Å². The Labute approximate surface area is 137 Å². The molecule has 2 rings (SSSR count). The molecule has 0 aliphatic rings. The molecule has 0 aliphatic heterocycles. The smallest absolute Gasteiger partial charge is 0.323 e. The minimum Gasteiger partial charge on any atom is -0.489 e. The van der Waals surface area contributed by atoms with Crippen LogP contribution in [-0.2, 0) is 0 Å². The number of ether oxygens (including phenoxy) is 1. The van der Waals surface area contributed by atoms with Crippen LogP contribution in [0.5, 0.6) is 5.75 Å². The number of carbonyl (C=O) groups is 1. The Morgan fingerprint density at radius 2 is 1.70 bits per heavy atom. The second-order valence-electron chi connectivity index (χ2n) is 5.57. The summed E-state index contributed by atoms with van der Waals surface area (Å²) in [5.41, 5.74) is 3.75. The van der Waals surface area contributed by atoms with Gasteiger partial charge in [-0.05, 0) is 56.7 Å². The predicted molar refractivity (Wildman–Crippen MR) is 95.2 cm³/mol. The lowest BCUT2D eigenvalue weighted by atomic mass is 10.2. The summed E-state index contributed by atoms with van der Waals surface area (Å²) in [5, 5.41) is 5.61. The molecule has 120 valence electrons. The Morgan fingerprint density at radius 1 is 1.04 bits per heavy atom. The Balaban J connectivity index is 1.94. The summed E-state index contributed by atoms with van der Waals surface area (Å²) < 4.78 is 5.62. The number of rotatable bonds is 5. The number of nitrogens with one attached hydrogen (secondary N) is 2. The minimum absolute atomic E-state index is 0.281. The fourth-order valence-electron chi connectivity index (χ4n) is 1.98. The van der Waals surface area contributed by atoms with Crippen molar-refractivity contribution in [3.63, 3.8) is 0 Å². The van der Waals surface area contributed by atoms with Crippen molar-refractivity contribution in [1.82, 2.24) is 0 Å². The standard InChI is InChI=1S/C19H22N2O2/c1-14(2)10-11-23-18-9-5-8-17(13-18)21-19(22)20-16-7-4-6-15(3)12-16/h4-10,12-13H,11H2,1-3H3,(H2,20,21,22). The van der Waals surface area contributed by atoms with E-state index in [4.69, 9.17) is 4.74 Å². The van der Waals surface area contributed by atoms with Crippen LogP contribution >= 0.6 is 0 Å². The van der Waals surface area contributed by atoms with Crippen molar-refractivity contribution in [3.05, 3.63) is 65.7 Å². The zero-order valence-corrected chi connectivity index (χ0v) is 13.7. The molecule has 0 spiro atoms. The van der Waals surface area contributed by atoms with Crippen LogP contribution in [0.2, 0.25) is 0 Å². The summed E-state index contributed by atoms with van der Waals surface area (Å²) in [6.45, 7) is 6.55. The highest BCUT2D eigenvalue weighted by Crippen LogP contribution is 2.18. The molecule has 4 nitrogen and oxygen atoms in total. The molecule has 0 aliphatic carbocycles. The van der Waals surface area contributed by atoms with Crippen molar-refractivity contribution in [3.8, 4) is 5.75 Å².